The Hall–Kier alpha value is -1.96. The molecule has 0 amide bonds. The van der Waals surface area contributed by atoms with Crippen molar-refractivity contribution in [2.24, 2.45) is 0 Å². The number of anilines is 2. The summed E-state index contributed by atoms with van der Waals surface area (Å²) < 4.78 is 10.9. The third-order valence-electron chi connectivity index (χ3n) is 4.88. The second-order valence-electron chi connectivity index (χ2n) is 7.09. The van der Waals surface area contributed by atoms with E-state index in [9.17, 15) is 4.79 Å². The molecule has 0 saturated carbocycles. The number of benzene rings is 2. The number of methoxy groups -OCH3 is 1. The number of ether oxygens (including phenoxy) is 2. The van der Waals surface area contributed by atoms with Crippen molar-refractivity contribution in [2.45, 2.75) is 32.0 Å². The summed E-state index contributed by atoms with van der Waals surface area (Å²) in [7, 11) is 1.42. The summed E-state index contributed by atoms with van der Waals surface area (Å²) >= 11 is 0. The van der Waals surface area contributed by atoms with Crippen LogP contribution < -0.4 is 15.0 Å². The van der Waals surface area contributed by atoms with Crippen LogP contribution in [0.3, 0.4) is 0 Å². The molecule has 2 aromatic carbocycles. The number of hydrogen-bond donors (Lipinski definition) is 2. The SMILES string of the molecule is CO[C@@H](Cc1ccc(NCCCN2CC(C)Oc3ccccc32)cc1)C(=O)O.[H-].[H-].[Mg+2]. The molecule has 7 heteroatoms. The van der Waals surface area contributed by atoms with Crippen molar-refractivity contribution in [2.75, 3.05) is 37.0 Å². The third kappa shape index (κ3) is 6.52. The van der Waals surface area contributed by atoms with Gasteiger partial charge >= 0.3 is 29.0 Å². The van der Waals surface area contributed by atoms with E-state index in [0.717, 1.165) is 48.7 Å². The topological polar surface area (TPSA) is 71.0 Å². The van der Waals surface area contributed by atoms with E-state index in [-0.39, 0.29) is 32.0 Å². The van der Waals surface area contributed by atoms with Gasteiger partial charge < -0.3 is 27.7 Å². The van der Waals surface area contributed by atoms with Gasteiger partial charge in [-0.15, -0.1) is 0 Å². The van der Waals surface area contributed by atoms with Gasteiger partial charge in [0.2, 0.25) is 0 Å². The first-order valence-corrected chi connectivity index (χ1v) is 9.66. The summed E-state index contributed by atoms with van der Waals surface area (Å²) in [5.41, 5.74) is 3.14. The van der Waals surface area contributed by atoms with Crippen molar-refractivity contribution in [3.05, 3.63) is 54.1 Å². The van der Waals surface area contributed by atoms with Gasteiger partial charge in [0.25, 0.3) is 0 Å². The maximum absolute atomic E-state index is 11.1. The van der Waals surface area contributed by atoms with Crippen molar-refractivity contribution in [3.8, 4) is 5.75 Å². The third-order valence-corrected chi connectivity index (χ3v) is 4.88. The fraction of sp³-hybridized carbons (Fsp3) is 0.409. The molecule has 2 N–H and O–H groups in total. The number of carboxylic acid groups (broad SMARTS) is 1. The number of hydrogen-bond acceptors (Lipinski definition) is 5. The molecule has 1 unspecified atom stereocenters. The summed E-state index contributed by atoms with van der Waals surface area (Å²) in [4.78, 5) is 13.4. The van der Waals surface area contributed by atoms with Crippen molar-refractivity contribution in [1.29, 1.82) is 0 Å². The zero-order valence-corrected chi connectivity index (χ0v) is 18.5. The van der Waals surface area contributed by atoms with Gasteiger partial charge in [-0.3, -0.25) is 0 Å². The first-order valence-electron chi connectivity index (χ1n) is 9.66. The average molecular weight is 411 g/mol. The number of para-hydroxylation sites is 2. The monoisotopic (exact) mass is 410 g/mol. The van der Waals surface area contributed by atoms with E-state index < -0.39 is 12.1 Å². The van der Waals surface area contributed by atoms with Gasteiger partial charge in [0, 0.05) is 32.3 Å². The molecule has 154 valence electrons. The van der Waals surface area contributed by atoms with Gasteiger partial charge in [0.15, 0.2) is 6.10 Å². The number of nitrogens with zero attached hydrogens (tertiary/aromatic N) is 1. The minimum atomic E-state index is -0.941. The Kier molecular flexibility index (Phi) is 9.07. The molecule has 0 bridgehead atoms. The zero-order valence-electron chi connectivity index (χ0n) is 19.1. The van der Waals surface area contributed by atoms with Crippen LogP contribution in [0.15, 0.2) is 48.5 Å². The molecule has 6 nitrogen and oxygen atoms in total. The van der Waals surface area contributed by atoms with Crippen LogP contribution in [0, 0.1) is 0 Å². The van der Waals surface area contributed by atoms with Gasteiger partial charge in [-0.1, -0.05) is 24.3 Å². The summed E-state index contributed by atoms with van der Waals surface area (Å²) in [6, 6.07) is 16.0. The molecule has 1 aliphatic rings. The van der Waals surface area contributed by atoms with Crippen molar-refractivity contribution >= 4 is 40.4 Å². The first-order chi connectivity index (χ1) is 13.6. The van der Waals surface area contributed by atoms with E-state index in [1.165, 1.54) is 7.11 Å². The van der Waals surface area contributed by atoms with Gasteiger partial charge in [-0.2, -0.15) is 0 Å². The Morgan fingerprint density at radius 1 is 1.31 bits per heavy atom. The zero-order chi connectivity index (χ0) is 19.9. The minimum Gasteiger partial charge on any atom is -1.00 e. The molecular weight excluding hydrogens is 381 g/mol. The fourth-order valence-electron chi connectivity index (χ4n) is 3.44. The molecule has 2 atom stereocenters. The first kappa shape index (κ1) is 23.3. The van der Waals surface area contributed by atoms with Crippen LogP contribution >= 0.6 is 0 Å². The molecule has 0 aromatic heterocycles. The van der Waals surface area contributed by atoms with Gasteiger partial charge in [0.1, 0.15) is 11.9 Å². The quantitative estimate of drug-likeness (QED) is 0.488. The second-order valence-corrected chi connectivity index (χ2v) is 7.09. The van der Waals surface area contributed by atoms with Crippen LogP contribution in [-0.2, 0) is 16.0 Å². The molecule has 2 aromatic rings. The maximum atomic E-state index is 11.1. The van der Waals surface area contributed by atoms with Crippen LogP contribution in [-0.4, -0.2) is 73.1 Å². The van der Waals surface area contributed by atoms with E-state index in [2.05, 4.69) is 23.2 Å². The van der Waals surface area contributed by atoms with Crippen LogP contribution in [0.5, 0.6) is 5.75 Å². The molecule has 1 heterocycles. The smallest absolute Gasteiger partial charge is 1.00 e. The summed E-state index contributed by atoms with van der Waals surface area (Å²) in [6.07, 6.45) is 0.753. The van der Waals surface area contributed by atoms with Crippen molar-refractivity contribution in [1.82, 2.24) is 0 Å². The van der Waals surface area contributed by atoms with E-state index in [0.29, 0.717) is 6.42 Å². The van der Waals surface area contributed by atoms with Crippen molar-refractivity contribution < 1.29 is 22.2 Å². The molecule has 1 aliphatic heterocycles. The van der Waals surface area contributed by atoms with E-state index in [1.54, 1.807) is 0 Å². The van der Waals surface area contributed by atoms with Crippen LogP contribution in [0.4, 0.5) is 11.4 Å². The summed E-state index contributed by atoms with van der Waals surface area (Å²) in [6.45, 7) is 4.82. The van der Waals surface area contributed by atoms with E-state index in [4.69, 9.17) is 14.6 Å². The summed E-state index contributed by atoms with van der Waals surface area (Å²) in [5, 5.41) is 12.5. The second kappa shape index (κ2) is 11.3. The molecule has 0 aliphatic carbocycles. The fourth-order valence-corrected chi connectivity index (χ4v) is 3.44. The van der Waals surface area contributed by atoms with Crippen LogP contribution in [0.1, 0.15) is 21.8 Å². The Bertz CT molecular complexity index is 795. The molecule has 0 saturated heterocycles. The molecular formula is C22H30MgN2O4. The molecule has 0 spiro atoms. The number of nitrogens with one attached hydrogen (secondary N) is 1. The summed E-state index contributed by atoms with van der Waals surface area (Å²) in [5.74, 6) is 0.0178. The van der Waals surface area contributed by atoms with Crippen molar-refractivity contribution in [3.63, 3.8) is 0 Å². The Morgan fingerprint density at radius 2 is 2.03 bits per heavy atom. The standard InChI is InChI=1S/C22H28N2O4.Mg.2H/c1-16-15-24(19-6-3-4-7-20(19)28-16)13-5-12-23-18-10-8-17(9-11-18)14-21(27-2)22(25)26;;;/h3-4,6-11,16,21,23H,5,12-15H2,1-2H3,(H,25,26);;;/q;+2;2*-1/t16?,21-;;;/m0.../s1. The Morgan fingerprint density at radius 3 is 2.72 bits per heavy atom. The molecule has 3 rings (SSSR count). The van der Waals surface area contributed by atoms with Gasteiger partial charge in [-0.25, -0.2) is 4.79 Å². The largest absolute Gasteiger partial charge is 2.00 e. The number of aliphatic carboxylic acids is 1. The average Bonchev–Trinajstić information content (AvgIpc) is 2.70. The number of rotatable bonds is 9. The number of carboxylic acids is 1. The van der Waals surface area contributed by atoms with Crippen LogP contribution in [0.2, 0.25) is 0 Å². The normalized spacial score (nSPS) is 16.2. The predicted octanol–water partition coefficient (Wildman–Crippen LogP) is 3.26. The molecule has 0 fully saturated rings. The number of fused-ring (bicyclic) bond motifs is 1. The Labute approximate surface area is 191 Å². The van der Waals surface area contributed by atoms with Gasteiger partial charge in [0.05, 0.1) is 12.2 Å². The molecule has 29 heavy (non-hydrogen) atoms. The van der Waals surface area contributed by atoms with E-state index >= 15 is 0 Å². The minimum absolute atomic E-state index is 0. The predicted molar refractivity (Wildman–Crippen MR) is 118 cm³/mol. The van der Waals surface area contributed by atoms with E-state index in [1.807, 2.05) is 42.5 Å². The van der Waals surface area contributed by atoms with Crippen LogP contribution in [0.25, 0.3) is 0 Å². The maximum Gasteiger partial charge on any atom is 2.00 e. The Balaban J connectivity index is 0.00000300. The number of carbonyl (C=O) groups is 1. The molecule has 0 radical (unpaired) electrons. The van der Waals surface area contributed by atoms with Gasteiger partial charge in [-0.05, 0) is 43.2 Å².